The molecule has 2 aliphatic rings. The van der Waals surface area contributed by atoms with Crippen molar-refractivity contribution < 1.29 is 4.79 Å². The van der Waals surface area contributed by atoms with E-state index in [1.165, 1.54) is 32.4 Å². The maximum Gasteiger partial charge on any atom is 0.317 e. The van der Waals surface area contributed by atoms with Crippen LogP contribution in [-0.4, -0.2) is 57.8 Å². The Bertz CT molecular complexity index is 784. The molecule has 0 bridgehead atoms. The monoisotopic (exact) mass is 401 g/mol. The topological polar surface area (TPSA) is 53.4 Å². The molecule has 7 heteroatoms. The molecule has 6 nitrogen and oxygen atoms in total. The van der Waals surface area contributed by atoms with Gasteiger partial charge < -0.3 is 15.1 Å². The average Bonchev–Trinajstić information content (AvgIpc) is 3.37. The molecule has 150 valence electrons. The Morgan fingerprint density at radius 2 is 1.89 bits per heavy atom. The van der Waals surface area contributed by atoms with Crippen molar-refractivity contribution in [1.29, 1.82) is 0 Å². The molecule has 0 aliphatic carbocycles. The predicted molar refractivity (Wildman–Crippen MR) is 111 cm³/mol. The molecule has 2 aliphatic heterocycles. The summed E-state index contributed by atoms with van der Waals surface area (Å²) in [5, 5.41) is 8.16. The van der Waals surface area contributed by atoms with Crippen LogP contribution in [0.5, 0.6) is 0 Å². The minimum Gasteiger partial charge on any atom is -0.334 e. The molecule has 1 N–H and O–H groups in total. The molecular formula is C21H28ClN5O. The number of nitrogens with one attached hydrogen (secondary N) is 1. The zero-order chi connectivity index (χ0) is 19.3. The average molecular weight is 402 g/mol. The fourth-order valence-electron chi connectivity index (χ4n) is 4.20. The van der Waals surface area contributed by atoms with E-state index in [1.54, 1.807) is 10.9 Å². The summed E-state index contributed by atoms with van der Waals surface area (Å²) in [6.07, 6.45) is 9.86. The number of halogens is 1. The maximum atomic E-state index is 12.7. The van der Waals surface area contributed by atoms with Crippen LogP contribution in [0.2, 0.25) is 5.02 Å². The Labute approximate surface area is 171 Å². The Balaban J connectivity index is 1.30. The van der Waals surface area contributed by atoms with Gasteiger partial charge in [-0.25, -0.2) is 9.48 Å². The van der Waals surface area contributed by atoms with Gasteiger partial charge in [0.2, 0.25) is 0 Å². The minimum atomic E-state index is 0.0405. The first-order valence-corrected chi connectivity index (χ1v) is 10.6. The molecule has 3 heterocycles. The standard InChI is InChI=1S/C21H28ClN5O/c22-18-6-8-19(9-7-18)27-15-17(14-24-27)13-23-21(28)26-12-4-5-20(26)16-25-10-2-1-3-11-25/h6-9,14-15,20H,1-5,10-13,16H2,(H,23,28). The van der Waals surface area contributed by atoms with Crippen LogP contribution in [0, 0.1) is 0 Å². The summed E-state index contributed by atoms with van der Waals surface area (Å²) in [6, 6.07) is 7.92. The lowest BCUT2D eigenvalue weighted by Gasteiger charge is -2.33. The number of aromatic nitrogens is 2. The summed E-state index contributed by atoms with van der Waals surface area (Å²) < 4.78 is 1.80. The van der Waals surface area contributed by atoms with Crippen molar-refractivity contribution in [3.8, 4) is 5.69 Å². The summed E-state index contributed by atoms with van der Waals surface area (Å²) in [5.41, 5.74) is 1.93. The van der Waals surface area contributed by atoms with Crippen LogP contribution in [0.15, 0.2) is 36.7 Å². The van der Waals surface area contributed by atoms with Crippen LogP contribution in [0.25, 0.3) is 5.69 Å². The number of rotatable bonds is 5. The molecule has 2 amide bonds. The third kappa shape index (κ3) is 4.67. The Hall–Kier alpha value is -2.05. The summed E-state index contributed by atoms with van der Waals surface area (Å²) in [6.45, 7) is 4.71. The summed E-state index contributed by atoms with van der Waals surface area (Å²) in [7, 11) is 0. The van der Waals surface area contributed by atoms with E-state index < -0.39 is 0 Å². The lowest BCUT2D eigenvalue weighted by atomic mass is 10.1. The van der Waals surface area contributed by atoms with Gasteiger partial charge in [0.05, 0.1) is 11.9 Å². The van der Waals surface area contributed by atoms with E-state index in [4.69, 9.17) is 11.6 Å². The summed E-state index contributed by atoms with van der Waals surface area (Å²) in [5.74, 6) is 0. The van der Waals surface area contributed by atoms with Crippen molar-refractivity contribution in [2.24, 2.45) is 0 Å². The molecule has 0 spiro atoms. The van der Waals surface area contributed by atoms with Crippen LogP contribution in [0.3, 0.4) is 0 Å². The molecule has 1 unspecified atom stereocenters. The number of urea groups is 1. The van der Waals surface area contributed by atoms with Gasteiger partial charge in [0, 0.05) is 42.5 Å². The smallest absolute Gasteiger partial charge is 0.317 e. The molecule has 2 saturated heterocycles. The predicted octanol–water partition coefficient (Wildman–Crippen LogP) is 3.69. The number of likely N-dealkylation sites (tertiary alicyclic amines) is 2. The summed E-state index contributed by atoms with van der Waals surface area (Å²) >= 11 is 5.94. The van der Waals surface area contributed by atoms with Gasteiger partial charge in [-0.3, -0.25) is 0 Å². The van der Waals surface area contributed by atoms with Gasteiger partial charge in [0.15, 0.2) is 0 Å². The van der Waals surface area contributed by atoms with Gasteiger partial charge in [0.25, 0.3) is 0 Å². The quantitative estimate of drug-likeness (QED) is 0.831. The largest absolute Gasteiger partial charge is 0.334 e. The SMILES string of the molecule is O=C(NCc1cnn(-c2ccc(Cl)cc2)c1)N1CCCC1CN1CCCCC1. The Morgan fingerprint density at radius 3 is 2.68 bits per heavy atom. The fourth-order valence-corrected chi connectivity index (χ4v) is 4.32. The molecule has 0 saturated carbocycles. The van der Waals surface area contributed by atoms with Crippen molar-refractivity contribution in [1.82, 2.24) is 24.9 Å². The van der Waals surface area contributed by atoms with Gasteiger partial charge in [0.1, 0.15) is 0 Å². The van der Waals surface area contributed by atoms with Crippen LogP contribution in [0.4, 0.5) is 4.79 Å². The van der Waals surface area contributed by atoms with E-state index >= 15 is 0 Å². The molecule has 0 radical (unpaired) electrons. The van der Waals surface area contributed by atoms with Crippen molar-refractivity contribution in [3.63, 3.8) is 0 Å². The highest BCUT2D eigenvalue weighted by Crippen LogP contribution is 2.20. The second-order valence-corrected chi connectivity index (χ2v) is 8.22. The number of piperidine rings is 1. The van der Waals surface area contributed by atoms with E-state index in [9.17, 15) is 4.79 Å². The van der Waals surface area contributed by atoms with E-state index in [2.05, 4.69) is 15.3 Å². The summed E-state index contributed by atoms with van der Waals surface area (Å²) in [4.78, 5) is 17.3. The molecule has 1 aromatic heterocycles. The first-order chi connectivity index (χ1) is 13.7. The third-order valence-electron chi connectivity index (χ3n) is 5.73. The molecule has 4 rings (SSSR count). The lowest BCUT2D eigenvalue weighted by molar-refractivity contribution is 0.153. The van der Waals surface area contributed by atoms with E-state index in [1.807, 2.05) is 35.4 Å². The fraction of sp³-hybridized carbons (Fsp3) is 0.524. The van der Waals surface area contributed by atoms with Crippen molar-refractivity contribution in [2.75, 3.05) is 26.2 Å². The second-order valence-electron chi connectivity index (χ2n) is 7.78. The number of carbonyl (C=O) groups excluding carboxylic acids is 1. The van der Waals surface area contributed by atoms with E-state index in [0.29, 0.717) is 17.6 Å². The number of carbonyl (C=O) groups is 1. The normalized spacial score (nSPS) is 20.5. The third-order valence-corrected chi connectivity index (χ3v) is 5.98. The molecule has 28 heavy (non-hydrogen) atoms. The molecule has 1 aromatic carbocycles. The number of nitrogens with zero attached hydrogens (tertiary/aromatic N) is 4. The Kier molecular flexibility index (Phi) is 6.17. The zero-order valence-electron chi connectivity index (χ0n) is 16.2. The number of benzene rings is 1. The maximum absolute atomic E-state index is 12.7. The second kappa shape index (κ2) is 8.97. The van der Waals surface area contributed by atoms with Crippen molar-refractivity contribution in [2.45, 2.75) is 44.7 Å². The number of hydrogen-bond acceptors (Lipinski definition) is 3. The molecule has 1 atom stereocenters. The highest BCUT2D eigenvalue weighted by molar-refractivity contribution is 6.30. The Morgan fingerprint density at radius 1 is 1.11 bits per heavy atom. The first kappa shape index (κ1) is 19.3. The van der Waals surface area contributed by atoms with Crippen LogP contribution >= 0.6 is 11.6 Å². The van der Waals surface area contributed by atoms with Gasteiger partial charge in [-0.1, -0.05) is 18.0 Å². The lowest BCUT2D eigenvalue weighted by Crippen LogP contribution is -2.48. The van der Waals surface area contributed by atoms with Crippen LogP contribution in [-0.2, 0) is 6.54 Å². The van der Waals surface area contributed by atoms with Crippen LogP contribution in [0.1, 0.15) is 37.7 Å². The minimum absolute atomic E-state index is 0.0405. The van der Waals surface area contributed by atoms with Gasteiger partial charge in [-0.15, -0.1) is 0 Å². The van der Waals surface area contributed by atoms with E-state index in [-0.39, 0.29) is 6.03 Å². The van der Waals surface area contributed by atoms with Crippen molar-refractivity contribution in [3.05, 3.63) is 47.2 Å². The highest BCUT2D eigenvalue weighted by Gasteiger charge is 2.30. The van der Waals surface area contributed by atoms with Crippen LogP contribution < -0.4 is 5.32 Å². The van der Waals surface area contributed by atoms with Gasteiger partial charge in [-0.2, -0.15) is 5.10 Å². The zero-order valence-corrected chi connectivity index (χ0v) is 16.9. The van der Waals surface area contributed by atoms with E-state index in [0.717, 1.165) is 37.2 Å². The first-order valence-electron chi connectivity index (χ1n) is 10.3. The van der Waals surface area contributed by atoms with Crippen molar-refractivity contribution >= 4 is 17.6 Å². The van der Waals surface area contributed by atoms with Gasteiger partial charge in [-0.05, 0) is 63.0 Å². The molecule has 2 aromatic rings. The number of hydrogen-bond donors (Lipinski definition) is 1. The molecule has 2 fully saturated rings. The molecular weight excluding hydrogens is 374 g/mol. The highest BCUT2D eigenvalue weighted by atomic mass is 35.5. The number of amides is 2. The van der Waals surface area contributed by atoms with Gasteiger partial charge >= 0.3 is 6.03 Å².